The molecule has 40 heavy (non-hydrogen) atoms. The maximum absolute atomic E-state index is 14.1. The number of carbonyl (C=O) groups is 2. The molecule has 0 unspecified atom stereocenters. The predicted octanol–water partition coefficient (Wildman–Crippen LogP) is 5.18. The van der Waals surface area contributed by atoms with Crippen LogP contribution in [0.2, 0.25) is 5.02 Å². The van der Waals surface area contributed by atoms with Gasteiger partial charge in [0.05, 0.1) is 17.7 Å². The first-order chi connectivity index (χ1) is 19.0. The van der Waals surface area contributed by atoms with Gasteiger partial charge in [0.25, 0.3) is 10.0 Å². The number of ether oxygens (including phenoxy) is 1. The summed E-state index contributed by atoms with van der Waals surface area (Å²) in [6.07, 6.45) is 0.715. The molecule has 214 valence electrons. The minimum Gasteiger partial charge on any atom is -0.495 e. The Hall–Kier alpha value is -3.56. The van der Waals surface area contributed by atoms with Crippen LogP contribution in [0.1, 0.15) is 38.3 Å². The average molecular weight is 586 g/mol. The Bertz CT molecular complexity index is 1430. The molecular weight excluding hydrogens is 550 g/mol. The highest BCUT2D eigenvalue weighted by atomic mass is 35.5. The second-order valence-corrected chi connectivity index (χ2v) is 11.9. The zero-order valence-electron chi connectivity index (χ0n) is 23.4. The molecule has 10 heteroatoms. The summed E-state index contributed by atoms with van der Waals surface area (Å²) in [4.78, 5) is 28.6. The van der Waals surface area contributed by atoms with Crippen molar-refractivity contribution >= 4 is 39.1 Å². The van der Waals surface area contributed by atoms with Crippen LogP contribution >= 0.6 is 11.6 Å². The first-order valence-corrected chi connectivity index (χ1v) is 14.9. The van der Waals surface area contributed by atoms with Crippen molar-refractivity contribution in [3.8, 4) is 5.75 Å². The molecule has 0 aliphatic carbocycles. The quantitative estimate of drug-likeness (QED) is 0.316. The monoisotopic (exact) mass is 585 g/mol. The van der Waals surface area contributed by atoms with Gasteiger partial charge in [-0.25, -0.2) is 8.42 Å². The van der Waals surface area contributed by atoms with Crippen molar-refractivity contribution in [3.63, 3.8) is 0 Å². The molecular formula is C30H36ClN3O5S. The summed E-state index contributed by atoms with van der Waals surface area (Å²) in [5.74, 6) is -0.631. The third-order valence-corrected chi connectivity index (χ3v) is 8.82. The second kappa shape index (κ2) is 13.7. The van der Waals surface area contributed by atoms with E-state index in [1.54, 1.807) is 67.6 Å². The summed E-state index contributed by atoms with van der Waals surface area (Å²) >= 11 is 6.41. The van der Waals surface area contributed by atoms with Crippen molar-refractivity contribution in [2.75, 3.05) is 18.0 Å². The lowest BCUT2D eigenvalue weighted by Gasteiger charge is -2.33. The molecule has 3 aromatic carbocycles. The van der Waals surface area contributed by atoms with Gasteiger partial charge in [-0.15, -0.1) is 0 Å². The average Bonchev–Trinajstić information content (AvgIpc) is 2.95. The normalized spacial score (nSPS) is 12.8. The molecule has 0 saturated carbocycles. The molecule has 1 N–H and O–H groups in total. The van der Waals surface area contributed by atoms with Crippen LogP contribution in [0.15, 0.2) is 77.7 Å². The summed E-state index contributed by atoms with van der Waals surface area (Å²) < 4.78 is 34.5. The second-order valence-electron chi connectivity index (χ2n) is 9.61. The number of benzene rings is 3. The minimum absolute atomic E-state index is 0.0117. The lowest BCUT2D eigenvalue weighted by Crippen LogP contribution is -2.52. The number of halogens is 1. The Balaban J connectivity index is 2.09. The molecule has 3 aromatic rings. The molecule has 0 radical (unpaired) electrons. The fraction of sp³-hybridized carbons (Fsp3) is 0.333. The van der Waals surface area contributed by atoms with Crippen molar-refractivity contribution in [1.29, 1.82) is 0 Å². The Labute approximate surface area is 241 Å². The summed E-state index contributed by atoms with van der Waals surface area (Å²) in [5.41, 5.74) is 1.63. The highest BCUT2D eigenvalue weighted by molar-refractivity contribution is 7.92. The van der Waals surface area contributed by atoms with Crippen LogP contribution in [0.5, 0.6) is 5.75 Å². The standard InChI is InChI=1S/C30H36ClN3O5S/c1-6-22(3)32-30(36)23(4)33(19-24-12-10-11-15-26(24)31)29(35)20-34(27-18-21(2)16-17-28(27)39-5)40(37,38)25-13-8-7-9-14-25/h7-18,22-23H,6,19-20H2,1-5H3,(H,32,36)/t22-,23+/m0/s1. The lowest BCUT2D eigenvalue weighted by molar-refractivity contribution is -0.139. The van der Waals surface area contributed by atoms with Crippen LogP contribution in [-0.4, -0.2) is 50.9 Å². The van der Waals surface area contributed by atoms with Gasteiger partial charge >= 0.3 is 0 Å². The Morgan fingerprint density at radius 2 is 1.65 bits per heavy atom. The van der Waals surface area contributed by atoms with Crippen LogP contribution in [0.4, 0.5) is 5.69 Å². The Kier molecular flexibility index (Phi) is 10.6. The largest absolute Gasteiger partial charge is 0.495 e. The zero-order chi connectivity index (χ0) is 29.4. The van der Waals surface area contributed by atoms with Crippen LogP contribution in [0, 0.1) is 6.92 Å². The number of nitrogens with one attached hydrogen (secondary N) is 1. The SMILES string of the molecule is CC[C@H](C)NC(=O)[C@@H](C)N(Cc1ccccc1Cl)C(=O)CN(c1cc(C)ccc1OC)S(=O)(=O)c1ccccc1. The van der Waals surface area contributed by atoms with Gasteiger partial charge in [0.2, 0.25) is 11.8 Å². The van der Waals surface area contributed by atoms with Crippen LogP contribution < -0.4 is 14.4 Å². The molecule has 0 spiro atoms. The summed E-state index contributed by atoms with van der Waals surface area (Å²) in [7, 11) is -2.76. The van der Waals surface area contributed by atoms with Crippen molar-refractivity contribution < 1.29 is 22.7 Å². The first-order valence-electron chi connectivity index (χ1n) is 13.0. The van der Waals surface area contributed by atoms with Crippen LogP contribution in [-0.2, 0) is 26.2 Å². The van der Waals surface area contributed by atoms with Crippen molar-refractivity contribution in [2.24, 2.45) is 0 Å². The van der Waals surface area contributed by atoms with E-state index >= 15 is 0 Å². The Morgan fingerprint density at radius 3 is 2.27 bits per heavy atom. The summed E-state index contributed by atoms with van der Waals surface area (Å²) in [6, 6.07) is 19.0. The van der Waals surface area contributed by atoms with Gasteiger partial charge in [-0.3, -0.25) is 13.9 Å². The number of aryl methyl sites for hydroxylation is 1. The topological polar surface area (TPSA) is 96.0 Å². The van der Waals surface area contributed by atoms with E-state index in [4.69, 9.17) is 16.3 Å². The summed E-state index contributed by atoms with van der Waals surface area (Å²) in [6.45, 7) is 6.71. The predicted molar refractivity (Wildman–Crippen MR) is 158 cm³/mol. The smallest absolute Gasteiger partial charge is 0.264 e. The molecule has 0 bridgehead atoms. The van der Waals surface area contributed by atoms with Gasteiger partial charge in [0, 0.05) is 17.6 Å². The molecule has 0 aliphatic rings. The number of carbonyl (C=O) groups excluding carboxylic acids is 2. The van der Waals surface area contributed by atoms with Gasteiger partial charge < -0.3 is 15.0 Å². The van der Waals surface area contributed by atoms with E-state index in [1.807, 2.05) is 20.8 Å². The fourth-order valence-corrected chi connectivity index (χ4v) is 5.72. The fourth-order valence-electron chi connectivity index (χ4n) is 4.09. The van der Waals surface area contributed by atoms with E-state index < -0.39 is 28.5 Å². The molecule has 0 fully saturated rings. The number of nitrogens with zero attached hydrogens (tertiary/aromatic N) is 2. The molecule has 8 nitrogen and oxygen atoms in total. The van der Waals surface area contributed by atoms with Gasteiger partial charge in [0.15, 0.2) is 0 Å². The van der Waals surface area contributed by atoms with Gasteiger partial charge in [-0.2, -0.15) is 0 Å². The first kappa shape index (κ1) is 31.0. The molecule has 2 amide bonds. The lowest BCUT2D eigenvalue weighted by atomic mass is 10.1. The molecule has 3 rings (SSSR count). The van der Waals surface area contributed by atoms with Gasteiger partial charge in [-0.05, 0) is 68.7 Å². The minimum atomic E-state index is -4.20. The van der Waals surface area contributed by atoms with Crippen LogP contribution in [0.3, 0.4) is 0 Å². The number of hydrogen-bond acceptors (Lipinski definition) is 5. The number of methoxy groups -OCH3 is 1. The van der Waals surface area contributed by atoms with E-state index in [1.165, 1.54) is 24.1 Å². The molecule has 2 atom stereocenters. The molecule has 0 aromatic heterocycles. The zero-order valence-corrected chi connectivity index (χ0v) is 25.0. The van der Waals surface area contributed by atoms with E-state index in [0.29, 0.717) is 17.0 Å². The highest BCUT2D eigenvalue weighted by Crippen LogP contribution is 2.34. The molecule has 0 aliphatic heterocycles. The highest BCUT2D eigenvalue weighted by Gasteiger charge is 2.34. The van der Waals surface area contributed by atoms with Crippen molar-refractivity contribution in [3.05, 3.63) is 88.9 Å². The van der Waals surface area contributed by atoms with E-state index in [9.17, 15) is 18.0 Å². The maximum atomic E-state index is 14.1. The molecule has 0 saturated heterocycles. The van der Waals surface area contributed by atoms with Crippen molar-refractivity contribution in [2.45, 2.75) is 57.6 Å². The third-order valence-electron chi connectivity index (χ3n) is 6.68. The van der Waals surface area contributed by atoms with E-state index in [-0.39, 0.29) is 34.8 Å². The maximum Gasteiger partial charge on any atom is 0.264 e. The van der Waals surface area contributed by atoms with Gasteiger partial charge in [0.1, 0.15) is 18.3 Å². The number of anilines is 1. The van der Waals surface area contributed by atoms with Crippen molar-refractivity contribution in [1.82, 2.24) is 10.2 Å². The van der Waals surface area contributed by atoms with E-state index in [2.05, 4.69) is 5.32 Å². The number of sulfonamides is 1. The van der Waals surface area contributed by atoms with E-state index in [0.717, 1.165) is 9.87 Å². The van der Waals surface area contributed by atoms with Gasteiger partial charge in [-0.1, -0.05) is 61.0 Å². The summed E-state index contributed by atoms with van der Waals surface area (Å²) in [5, 5.41) is 3.35. The number of amides is 2. The number of rotatable bonds is 12. The number of hydrogen-bond donors (Lipinski definition) is 1. The third kappa shape index (κ3) is 7.34. The van der Waals surface area contributed by atoms with Crippen LogP contribution in [0.25, 0.3) is 0 Å². The molecule has 0 heterocycles. The Morgan fingerprint density at radius 1 is 1.00 bits per heavy atom.